The molecule has 1 saturated carbocycles. The van der Waals surface area contributed by atoms with Gasteiger partial charge in [0.1, 0.15) is 0 Å². The number of ketones is 1. The normalized spacial score (nSPS) is 20.7. The maximum atomic E-state index is 13.5. The van der Waals surface area contributed by atoms with Crippen molar-refractivity contribution >= 4 is 93.6 Å². The zero-order valence-electron chi connectivity index (χ0n) is 25.0. The topological polar surface area (TPSA) is 137 Å². The zero-order valence-corrected chi connectivity index (χ0v) is 29.8. The van der Waals surface area contributed by atoms with Crippen LogP contribution in [0.25, 0.3) is 22.2 Å². The Bertz CT molecular complexity index is 1970. The number of hydrogen-bond donors (Lipinski definition) is 0. The van der Waals surface area contributed by atoms with Crippen molar-refractivity contribution in [2.24, 2.45) is 11.8 Å². The zero-order chi connectivity index (χ0) is 33.7. The number of Topliss-reactive ketones (excluding diaryl/α,β-unsaturated/α-hetero) is 1. The van der Waals surface area contributed by atoms with Crippen LogP contribution in [0.3, 0.4) is 0 Å². The fourth-order valence-electron chi connectivity index (χ4n) is 6.18. The summed E-state index contributed by atoms with van der Waals surface area (Å²) in [7, 11) is 0. The molecule has 3 aromatic carbocycles. The number of nitro benzene ring substituents is 1. The Hall–Kier alpha value is -3.81. The molecule has 240 valence electrons. The van der Waals surface area contributed by atoms with E-state index in [9.17, 15) is 29.3 Å². The minimum atomic E-state index is -0.770. The Kier molecular flexibility index (Phi) is 9.16. The molecule has 1 aliphatic heterocycles. The van der Waals surface area contributed by atoms with Crippen LogP contribution in [-0.2, 0) is 14.3 Å². The molecule has 10 nitrogen and oxygen atoms in total. The van der Waals surface area contributed by atoms with Crippen LogP contribution in [0, 0.1) is 35.8 Å². The summed E-state index contributed by atoms with van der Waals surface area (Å²) in [5.41, 5.74) is 3.31. The van der Waals surface area contributed by atoms with Crippen molar-refractivity contribution < 1.29 is 28.8 Å². The molecule has 4 atom stereocenters. The van der Waals surface area contributed by atoms with Gasteiger partial charge in [-0.2, -0.15) is 0 Å². The van der Waals surface area contributed by atoms with Crippen molar-refractivity contribution in [3.05, 3.63) is 97.5 Å². The second kappa shape index (κ2) is 13.0. The van der Waals surface area contributed by atoms with Crippen molar-refractivity contribution in [2.45, 2.75) is 36.3 Å². The fourth-order valence-corrected chi connectivity index (χ4v) is 7.99. The standard InChI is InChI=1S/C34H26Br3N3O7/c1-16-3-4-19(10-29(16)40(45)46)30(41)15-47-34(44)25-14-28(38-31-17(2)9-20(35)11-22(25)31)18-5-7-21(8-6-18)39-32(42)23-12-26(36)27(37)13-24(23)33(39)43/h3-11,14,23-24,26-27H,12-13,15H2,1-2H3. The first-order valence-corrected chi connectivity index (χ1v) is 17.3. The van der Waals surface area contributed by atoms with Crippen molar-refractivity contribution in [2.75, 3.05) is 11.5 Å². The maximum absolute atomic E-state index is 13.5. The molecule has 47 heavy (non-hydrogen) atoms. The third-order valence-electron chi connectivity index (χ3n) is 8.68. The Labute approximate surface area is 294 Å². The summed E-state index contributed by atoms with van der Waals surface area (Å²) in [6, 6.07) is 16.1. The average molecular weight is 828 g/mol. The molecule has 2 aliphatic rings. The molecule has 4 unspecified atom stereocenters. The number of alkyl halides is 2. The fraction of sp³-hybridized carbons (Fsp3) is 0.265. The van der Waals surface area contributed by atoms with E-state index in [2.05, 4.69) is 47.8 Å². The van der Waals surface area contributed by atoms with E-state index in [1.165, 1.54) is 23.1 Å². The average Bonchev–Trinajstić information content (AvgIpc) is 3.27. The third kappa shape index (κ3) is 6.28. The second-order valence-corrected chi connectivity index (χ2v) is 15.0. The molecular formula is C34H26Br3N3O7. The number of benzene rings is 3. The number of imide groups is 1. The van der Waals surface area contributed by atoms with Crippen LogP contribution in [0.1, 0.15) is 44.7 Å². The lowest BCUT2D eigenvalue weighted by Crippen LogP contribution is -2.34. The summed E-state index contributed by atoms with van der Waals surface area (Å²) < 4.78 is 6.15. The molecule has 1 aliphatic carbocycles. The summed E-state index contributed by atoms with van der Waals surface area (Å²) in [4.78, 5) is 70.0. The number of amides is 2. The van der Waals surface area contributed by atoms with E-state index < -0.39 is 23.3 Å². The van der Waals surface area contributed by atoms with Gasteiger partial charge in [0.05, 0.1) is 39.2 Å². The van der Waals surface area contributed by atoms with Gasteiger partial charge in [-0.15, -0.1) is 0 Å². The largest absolute Gasteiger partial charge is 0.454 e. The number of hydrogen-bond acceptors (Lipinski definition) is 8. The first-order chi connectivity index (χ1) is 22.3. The number of pyridine rings is 1. The number of carbonyl (C=O) groups excluding carboxylic acids is 4. The Morgan fingerprint density at radius 1 is 0.936 bits per heavy atom. The van der Waals surface area contributed by atoms with Gasteiger partial charge >= 0.3 is 5.97 Å². The summed E-state index contributed by atoms with van der Waals surface area (Å²) >= 11 is 10.7. The molecule has 13 heteroatoms. The lowest BCUT2D eigenvalue weighted by atomic mass is 9.81. The number of carbonyl (C=O) groups is 4. The molecule has 4 aromatic rings. The van der Waals surface area contributed by atoms with Gasteiger partial charge in [-0.1, -0.05) is 72.1 Å². The smallest absolute Gasteiger partial charge is 0.339 e. The highest BCUT2D eigenvalue weighted by atomic mass is 79.9. The molecule has 2 heterocycles. The highest BCUT2D eigenvalue weighted by Crippen LogP contribution is 2.44. The molecule has 6 rings (SSSR count). The highest BCUT2D eigenvalue weighted by molar-refractivity contribution is 9.12. The first-order valence-electron chi connectivity index (χ1n) is 14.7. The number of fused-ring (bicyclic) bond motifs is 2. The second-order valence-electron chi connectivity index (χ2n) is 11.7. The number of ether oxygens (including phenoxy) is 1. The molecule has 1 saturated heterocycles. The summed E-state index contributed by atoms with van der Waals surface area (Å²) in [6.07, 6.45) is 1.15. The molecule has 2 fully saturated rings. The van der Waals surface area contributed by atoms with Gasteiger partial charge in [-0.3, -0.25) is 29.4 Å². The number of halogens is 3. The predicted octanol–water partition coefficient (Wildman–Crippen LogP) is 7.66. The van der Waals surface area contributed by atoms with Crippen LogP contribution in [0.5, 0.6) is 0 Å². The molecule has 0 bridgehead atoms. The quantitative estimate of drug-likeness (QED) is 0.0463. The lowest BCUT2D eigenvalue weighted by molar-refractivity contribution is -0.385. The van der Waals surface area contributed by atoms with Crippen molar-refractivity contribution in [3.63, 3.8) is 0 Å². The maximum Gasteiger partial charge on any atom is 0.339 e. The van der Waals surface area contributed by atoms with E-state index in [0.29, 0.717) is 46.3 Å². The van der Waals surface area contributed by atoms with E-state index in [0.717, 1.165) is 10.0 Å². The van der Waals surface area contributed by atoms with Crippen LogP contribution >= 0.6 is 47.8 Å². The van der Waals surface area contributed by atoms with Gasteiger partial charge in [0.25, 0.3) is 5.69 Å². The number of nitro groups is 1. The Balaban J connectivity index is 1.29. The van der Waals surface area contributed by atoms with E-state index in [-0.39, 0.29) is 50.1 Å². The van der Waals surface area contributed by atoms with Crippen LogP contribution in [-0.4, -0.2) is 49.7 Å². The van der Waals surface area contributed by atoms with Gasteiger partial charge in [0.15, 0.2) is 6.61 Å². The molecule has 0 radical (unpaired) electrons. The summed E-state index contributed by atoms with van der Waals surface area (Å²) in [6.45, 7) is 2.81. The third-order valence-corrected chi connectivity index (χ3v) is 11.9. The number of aromatic nitrogens is 1. The van der Waals surface area contributed by atoms with Gasteiger partial charge in [0, 0.05) is 42.3 Å². The highest BCUT2D eigenvalue weighted by Gasteiger charge is 2.52. The summed E-state index contributed by atoms with van der Waals surface area (Å²) in [5.74, 6) is -2.51. The van der Waals surface area contributed by atoms with Crippen LogP contribution in [0.2, 0.25) is 0 Å². The molecular weight excluding hydrogens is 802 g/mol. The van der Waals surface area contributed by atoms with E-state index in [1.54, 1.807) is 43.3 Å². The minimum absolute atomic E-state index is 0.0577. The number of aryl methyl sites for hydroxylation is 2. The van der Waals surface area contributed by atoms with Gasteiger partial charge in [0.2, 0.25) is 17.6 Å². The SMILES string of the molecule is Cc1ccc(C(=O)COC(=O)c2cc(-c3ccc(N4C(=O)C5CC(Br)C(Br)CC5C4=O)cc3)nc3c(C)cc(Br)cc23)cc1[N+](=O)[O-]. The number of anilines is 1. The molecule has 0 N–H and O–H groups in total. The van der Waals surface area contributed by atoms with Gasteiger partial charge in [-0.05, 0) is 62.6 Å². The van der Waals surface area contributed by atoms with Crippen molar-refractivity contribution in [1.82, 2.24) is 4.98 Å². The van der Waals surface area contributed by atoms with Crippen molar-refractivity contribution in [3.8, 4) is 11.3 Å². The van der Waals surface area contributed by atoms with Crippen LogP contribution < -0.4 is 4.90 Å². The van der Waals surface area contributed by atoms with E-state index >= 15 is 0 Å². The molecule has 1 aromatic heterocycles. The van der Waals surface area contributed by atoms with Crippen LogP contribution in [0.15, 0.2) is 65.1 Å². The van der Waals surface area contributed by atoms with Gasteiger partial charge in [-0.25, -0.2) is 9.78 Å². The minimum Gasteiger partial charge on any atom is -0.454 e. The van der Waals surface area contributed by atoms with E-state index in [4.69, 9.17) is 9.72 Å². The molecule has 0 spiro atoms. The number of rotatable bonds is 7. The monoisotopic (exact) mass is 825 g/mol. The number of esters is 1. The van der Waals surface area contributed by atoms with E-state index in [1.807, 2.05) is 13.0 Å². The Morgan fingerprint density at radius 2 is 1.57 bits per heavy atom. The van der Waals surface area contributed by atoms with Crippen molar-refractivity contribution in [1.29, 1.82) is 0 Å². The lowest BCUT2D eigenvalue weighted by Gasteiger charge is -2.29. The summed E-state index contributed by atoms with van der Waals surface area (Å²) in [5, 5.41) is 11.8. The van der Waals surface area contributed by atoms with Gasteiger partial charge < -0.3 is 4.74 Å². The Morgan fingerprint density at radius 3 is 2.19 bits per heavy atom. The predicted molar refractivity (Wildman–Crippen MR) is 186 cm³/mol. The van der Waals surface area contributed by atoms with Crippen LogP contribution in [0.4, 0.5) is 11.4 Å². The molecule has 2 amide bonds. The number of nitrogens with zero attached hydrogens (tertiary/aromatic N) is 3. The first kappa shape index (κ1) is 33.1.